The van der Waals surface area contributed by atoms with Gasteiger partial charge in [-0.3, -0.25) is 0 Å². The largest absolute Gasteiger partial charge is 0.370 e. The van der Waals surface area contributed by atoms with Crippen LogP contribution in [0.5, 0.6) is 0 Å². The fourth-order valence-electron chi connectivity index (χ4n) is 3.24. The summed E-state index contributed by atoms with van der Waals surface area (Å²) < 4.78 is 6.28. The molecule has 1 heterocycles. The standard InChI is InChI=1S/C14H26ClNO/c1-12(5-4-10-15)16-11-13-6-9-14(17-13)7-2-3-8-14/h12-13,16H,2-11H2,1H3. The third-order valence-corrected chi connectivity index (χ3v) is 4.59. The molecule has 0 radical (unpaired) electrons. The minimum Gasteiger partial charge on any atom is -0.370 e. The second-order valence-electron chi connectivity index (χ2n) is 5.81. The highest BCUT2D eigenvalue weighted by atomic mass is 35.5. The van der Waals surface area contributed by atoms with Crippen LogP contribution in [0.15, 0.2) is 0 Å². The van der Waals surface area contributed by atoms with E-state index in [1.165, 1.54) is 44.9 Å². The number of halogens is 1. The van der Waals surface area contributed by atoms with Crippen LogP contribution in [-0.2, 0) is 4.74 Å². The van der Waals surface area contributed by atoms with Crippen LogP contribution < -0.4 is 5.32 Å². The fraction of sp³-hybridized carbons (Fsp3) is 1.00. The van der Waals surface area contributed by atoms with Crippen LogP contribution in [0, 0.1) is 0 Å². The first-order valence-corrected chi connectivity index (χ1v) is 7.75. The maximum atomic E-state index is 6.28. The van der Waals surface area contributed by atoms with E-state index in [9.17, 15) is 0 Å². The van der Waals surface area contributed by atoms with Crippen molar-refractivity contribution in [3.05, 3.63) is 0 Å². The monoisotopic (exact) mass is 259 g/mol. The summed E-state index contributed by atoms with van der Waals surface area (Å²) in [5.41, 5.74) is 0.283. The molecule has 0 bridgehead atoms. The number of hydrogen-bond acceptors (Lipinski definition) is 2. The average molecular weight is 260 g/mol. The first-order chi connectivity index (χ1) is 8.24. The lowest BCUT2D eigenvalue weighted by molar-refractivity contribution is -0.0358. The highest BCUT2D eigenvalue weighted by Gasteiger charge is 2.41. The van der Waals surface area contributed by atoms with Crippen molar-refractivity contribution in [1.29, 1.82) is 0 Å². The molecule has 2 atom stereocenters. The minimum atomic E-state index is 0.283. The van der Waals surface area contributed by atoms with Gasteiger partial charge in [-0.1, -0.05) is 12.8 Å². The summed E-state index contributed by atoms with van der Waals surface area (Å²) in [4.78, 5) is 0. The lowest BCUT2D eigenvalue weighted by Gasteiger charge is -2.24. The molecule has 1 spiro atoms. The molecular weight excluding hydrogens is 234 g/mol. The van der Waals surface area contributed by atoms with Crippen LogP contribution in [0.1, 0.15) is 58.3 Å². The molecule has 1 aliphatic carbocycles. The fourth-order valence-corrected chi connectivity index (χ4v) is 3.40. The quantitative estimate of drug-likeness (QED) is 0.738. The van der Waals surface area contributed by atoms with E-state index in [1.807, 2.05) is 0 Å². The van der Waals surface area contributed by atoms with Crippen molar-refractivity contribution in [2.24, 2.45) is 0 Å². The zero-order valence-corrected chi connectivity index (χ0v) is 11.8. The SMILES string of the molecule is CC(CCCCl)NCC1CCC2(CCCC2)O1. The van der Waals surface area contributed by atoms with Crippen LogP contribution in [-0.4, -0.2) is 30.2 Å². The summed E-state index contributed by atoms with van der Waals surface area (Å²) >= 11 is 5.70. The molecule has 2 unspecified atom stereocenters. The minimum absolute atomic E-state index is 0.283. The molecule has 3 heteroatoms. The van der Waals surface area contributed by atoms with Crippen LogP contribution >= 0.6 is 11.6 Å². The van der Waals surface area contributed by atoms with Crippen LogP contribution in [0.25, 0.3) is 0 Å². The molecule has 2 aliphatic rings. The molecule has 100 valence electrons. The van der Waals surface area contributed by atoms with Gasteiger partial charge < -0.3 is 10.1 Å². The first-order valence-electron chi connectivity index (χ1n) is 7.21. The van der Waals surface area contributed by atoms with Gasteiger partial charge in [0.1, 0.15) is 0 Å². The predicted molar refractivity (Wildman–Crippen MR) is 72.7 cm³/mol. The highest BCUT2D eigenvalue weighted by molar-refractivity contribution is 6.17. The molecule has 2 nitrogen and oxygen atoms in total. The topological polar surface area (TPSA) is 21.3 Å². The average Bonchev–Trinajstić information content (AvgIpc) is 2.95. The number of alkyl halides is 1. The molecular formula is C14H26ClNO. The van der Waals surface area contributed by atoms with Crippen LogP contribution in [0.3, 0.4) is 0 Å². The van der Waals surface area contributed by atoms with E-state index in [2.05, 4.69) is 12.2 Å². The Morgan fingerprint density at radius 1 is 1.35 bits per heavy atom. The van der Waals surface area contributed by atoms with Gasteiger partial charge >= 0.3 is 0 Å². The van der Waals surface area contributed by atoms with Gasteiger partial charge in [-0.05, 0) is 45.4 Å². The summed E-state index contributed by atoms with van der Waals surface area (Å²) in [7, 11) is 0. The molecule has 17 heavy (non-hydrogen) atoms. The van der Waals surface area contributed by atoms with Crippen molar-refractivity contribution in [2.75, 3.05) is 12.4 Å². The summed E-state index contributed by atoms with van der Waals surface area (Å²) in [5, 5.41) is 3.58. The van der Waals surface area contributed by atoms with Crippen molar-refractivity contribution < 1.29 is 4.74 Å². The molecule has 1 N–H and O–H groups in total. The zero-order valence-electron chi connectivity index (χ0n) is 11.0. The van der Waals surface area contributed by atoms with E-state index < -0.39 is 0 Å². The van der Waals surface area contributed by atoms with E-state index >= 15 is 0 Å². The van der Waals surface area contributed by atoms with Gasteiger partial charge in [0.15, 0.2) is 0 Å². The van der Waals surface area contributed by atoms with Crippen molar-refractivity contribution >= 4 is 11.6 Å². The Hall–Kier alpha value is 0.210. The molecule has 1 aliphatic heterocycles. The normalized spacial score (nSPS) is 28.9. The third-order valence-electron chi connectivity index (χ3n) is 4.32. The van der Waals surface area contributed by atoms with Crippen LogP contribution in [0.2, 0.25) is 0 Å². The Morgan fingerprint density at radius 2 is 2.12 bits per heavy atom. The highest BCUT2D eigenvalue weighted by Crippen LogP contribution is 2.43. The second-order valence-corrected chi connectivity index (χ2v) is 6.19. The number of hydrogen-bond donors (Lipinski definition) is 1. The van der Waals surface area contributed by atoms with Gasteiger partial charge in [0.2, 0.25) is 0 Å². The molecule has 0 aromatic carbocycles. The lowest BCUT2D eigenvalue weighted by Crippen LogP contribution is -2.35. The van der Waals surface area contributed by atoms with Crippen molar-refractivity contribution in [3.8, 4) is 0 Å². The third kappa shape index (κ3) is 3.84. The maximum absolute atomic E-state index is 6.28. The van der Waals surface area contributed by atoms with Gasteiger partial charge in [-0.15, -0.1) is 11.6 Å². The van der Waals surface area contributed by atoms with E-state index in [0.29, 0.717) is 12.1 Å². The molecule has 1 saturated carbocycles. The van der Waals surface area contributed by atoms with Gasteiger partial charge in [-0.2, -0.15) is 0 Å². The van der Waals surface area contributed by atoms with E-state index in [-0.39, 0.29) is 5.60 Å². The summed E-state index contributed by atoms with van der Waals surface area (Å²) in [6.07, 6.45) is 10.6. The number of ether oxygens (including phenoxy) is 1. The summed E-state index contributed by atoms with van der Waals surface area (Å²) in [6.45, 7) is 3.26. The lowest BCUT2D eigenvalue weighted by atomic mass is 9.98. The zero-order chi connectivity index (χ0) is 12.1. The van der Waals surface area contributed by atoms with Gasteiger partial charge in [0, 0.05) is 18.5 Å². The Kier molecular flexibility index (Phi) is 5.13. The van der Waals surface area contributed by atoms with Gasteiger partial charge in [0.25, 0.3) is 0 Å². The van der Waals surface area contributed by atoms with E-state index in [0.717, 1.165) is 18.8 Å². The van der Waals surface area contributed by atoms with Crippen molar-refractivity contribution in [2.45, 2.75) is 76.0 Å². The maximum Gasteiger partial charge on any atom is 0.0708 e. The van der Waals surface area contributed by atoms with E-state index in [4.69, 9.17) is 16.3 Å². The number of nitrogens with one attached hydrogen (secondary N) is 1. The van der Waals surface area contributed by atoms with Crippen molar-refractivity contribution in [3.63, 3.8) is 0 Å². The molecule has 0 amide bonds. The molecule has 0 aromatic rings. The summed E-state index contributed by atoms with van der Waals surface area (Å²) in [5.74, 6) is 0.773. The molecule has 1 saturated heterocycles. The predicted octanol–water partition coefficient (Wildman–Crippen LogP) is 3.48. The van der Waals surface area contributed by atoms with Crippen molar-refractivity contribution in [1.82, 2.24) is 5.32 Å². The Morgan fingerprint density at radius 3 is 2.82 bits per heavy atom. The van der Waals surface area contributed by atoms with Crippen LogP contribution in [0.4, 0.5) is 0 Å². The van der Waals surface area contributed by atoms with Gasteiger partial charge in [0.05, 0.1) is 11.7 Å². The van der Waals surface area contributed by atoms with E-state index in [1.54, 1.807) is 0 Å². The Balaban J connectivity index is 1.64. The first kappa shape index (κ1) is 13.6. The molecule has 2 fully saturated rings. The summed E-state index contributed by atoms with van der Waals surface area (Å²) in [6, 6.07) is 0.567. The molecule has 0 aromatic heterocycles. The molecule has 2 rings (SSSR count). The number of rotatable bonds is 6. The Bertz CT molecular complexity index is 228. The van der Waals surface area contributed by atoms with Gasteiger partial charge in [-0.25, -0.2) is 0 Å². The smallest absolute Gasteiger partial charge is 0.0708 e. The second kappa shape index (κ2) is 6.40. The Labute approximate surface area is 110 Å².